The van der Waals surface area contributed by atoms with Crippen LogP contribution in [0, 0.1) is 11.3 Å². The number of ether oxygens (including phenoxy) is 1. The third kappa shape index (κ3) is 4.26. The Hall–Kier alpha value is -3.35. The number of pyridine rings is 1. The summed E-state index contributed by atoms with van der Waals surface area (Å²) in [5, 5.41) is 20.3. The van der Waals surface area contributed by atoms with Crippen molar-refractivity contribution in [2.24, 2.45) is 0 Å². The summed E-state index contributed by atoms with van der Waals surface area (Å²) < 4.78 is 8.15. The van der Waals surface area contributed by atoms with Gasteiger partial charge < -0.3 is 14.4 Å². The summed E-state index contributed by atoms with van der Waals surface area (Å²) in [4.78, 5) is 22.3. The van der Waals surface area contributed by atoms with Crippen LogP contribution < -0.4 is 0 Å². The zero-order chi connectivity index (χ0) is 21.8. The fourth-order valence-electron chi connectivity index (χ4n) is 4.10. The lowest BCUT2D eigenvalue weighted by atomic mass is 10.0. The molecule has 3 aromatic heterocycles. The summed E-state index contributed by atoms with van der Waals surface area (Å²) in [5.74, 6) is 1.00. The highest BCUT2D eigenvalue weighted by Gasteiger charge is 2.26. The van der Waals surface area contributed by atoms with Crippen LogP contribution in [0.2, 0.25) is 0 Å². The van der Waals surface area contributed by atoms with Crippen molar-refractivity contribution >= 4 is 39.7 Å². The van der Waals surface area contributed by atoms with E-state index in [1.165, 1.54) is 0 Å². The van der Waals surface area contributed by atoms with Gasteiger partial charge in [-0.25, -0.2) is 9.97 Å². The quantitative estimate of drug-likeness (QED) is 0.485. The number of thiazole rings is 1. The molecule has 1 aliphatic heterocycles. The van der Waals surface area contributed by atoms with Gasteiger partial charge >= 0.3 is 0 Å². The molecule has 1 aromatic carbocycles. The highest BCUT2D eigenvalue weighted by molar-refractivity contribution is 7.09. The molecule has 1 N–H and O–H groups in total. The first-order valence-electron chi connectivity index (χ1n) is 9.92. The minimum Gasteiger partial charge on any atom is -0.483 e. The second-order valence-electron chi connectivity index (χ2n) is 7.30. The number of imidazole rings is 1. The van der Waals surface area contributed by atoms with E-state index >= 15 is 0 Å². The molecule has 0 aliphatic carbocycles. The van der Waals surface area contributed by atoms with Crippen LogP contribution in [0.4, 0.5) is 0 Å². The molecule has 0 saturated carbocycles. The summed E-state index contributed by atoms with van der Waals surface area (Å²) >= 11 is 1.65. The molecular weight excluding hydrogens is 414 g/mol. The van der Waals surface area contributed by atoms with E-state index in [9.17, 15) is 5.26 Å². The lowest BCUT2D eigenvalue weighted by Gasteiger charge is -2.30. The van der Waals surface area contributed by atoms with E-state index in [-0.39, 0.29) is 12.6 Å². The van der Waals surface area contributed by atoms with Crippen molar-refractivity contribution in [2.75, 3.05) is 6.61 Å². The van der Waals surface area contributed by atoms with Gasteiger partial charge in [0.2, 0.25) is 0 Å². The molecule has 9 heteroatoms. The Morgan fingerprint density at radius 1 is 1.39 bits per heavy atom. The number of carbonyl (C=O) groups is 1. The van der Waals surface area contributed by atoms with Gasteiger partial charge in [0, 0.05) is 29.6 Å². The average Bonchev–Trinajstić information content (AvgIpc) is 3.41. The number of nitriles is 1. The maximum Gasteiger partial charge on any atom is 0.290 e. The Morgan fingerprint density at radius 2 is 2.23 bits per heavy atom. The van der Waals surface area contributed by atoms with Gasteiger partial charge in [-0.15, -0.1) is 11.3 Å². The van der Waals surface area contributed by atoms with Crippen molar-refractivity contribution in [2.45, 2.75) is 38.3 Å². The van der Waals surface area contributed by atoms with Crippen molar-refractivity contribution in [1.82, 2.24) is 19.5 Å². The predicted molar refractivity (Wildman–Crippen MR) is 117 cm³/mol. The fraction of sp³-hybridized carbons (Fsp3) is 0.318. The van der Waals surface area contributed by atoms with Gasteiger partial charge in [-0.2, -0.15) is 5.26 Å². The number of carboxylic acid groups (broad SMARTS) is 1. The Balaban J connectivity index is 0.000000730. The third-order valence-electron chi connectivity index (χ3n) is 5.33. The Kier molecular flexibility index (Phi) is 6.21. The van der Waals surface area contributed by atoms with Gasteiger partial charge in [-0.3, -0.25) is 9.78 Å². The second-order valence-corrected chi connectivity index (χ2v) is 8.28. The number of fused-ring (bicyclic) bond motifs is 3. The average molecular weight is 436 g/mol. The van der Waals surface area contributed by atoms with E-state index in [0.717, 1.165) is 52.2 Å². The van der Waals surface area contributed by atoms with E-state index in [4.69, 9.17) is 19.6 Å². The van der Waals surface area contributed by atoms with Gasteiger partial charge in [-0.05, 0) is 38.0 Å². The molecule has 0 unspecified atom stereocenters. The van der Waals surface area contributed by atoms with E-state index in [1.807, 2.05) is 36.0 Å². The molecule has 0 radical (unpaired) electrons. The van der Waals surface area contributed by atoms with Crippen molar-refractivity contribution in [3.05, 3.63) is 52.4 Å². The summed E-state index contributed by atoms with van der Waals surface area (Å²) in [6.45, 7) is 2.62. The largest absolute Gasteiger partial charge is 0.483 e. The Labute approximate surface area is 182 Å². The molecule has 2 atom stereocenters. The molecule has 4 heterocycles. The molecule has 1 fully saturated rings. The van der Waals surface area contributed by atoms with E-state index in [2.05, 4.69) is 27.5 Å². The van der Waals surface area contributed by atoms with Crippen LogP contribution in [0.25, 0.3) is 21.9 Å². The number of hydrogen-bond acceptors (Lipinski definition) is 7. The number of aromatic nitrogens is 4. The first-order chi connectivity index (χ1) is 15.1. The van der Waals surface area contributed by atoms with Crippen LogP contribution in [0.1, 0.15) is 42.2 Å². The molecule has 1 saturated heterocycles. The number of rotatable bonds is 3. The van der Waals surface area contributed by atoms with Gasteiger partial charge in [0.05, 0.1) is 46.4 Å². The van der Waals surface area contributed by atoms with Gasteiger partial charge in [0.25, 0.3) is 6.47 Å². The zero-order valence-electron chi connectivity index (χ0n) is 16.9. The molecule has 1 aliphatic rings. The maximum absolute atomic E-state index is 9.38. The van der Waals surface area contributed by atoms with Gasteiger partial charge in [0.15, 0.2) is 0 Å². The second kappa shape index (κ2) is 9.20. The lowest BCUT2D eigenvalue weighted by molar-refractivity contribution is -0.122. The van der Waals surface area contributed by atoms with Crippen molar-refractivity contribution in [1.29, 1.82) is 5.26 Å². The van der Waals surface area contributed by atoms with Crippen LogP contribution in [-0.4, -0.2) is 43.8 Å². The number of nitrogens with zero attached hydrogens (tertiary/aromatic N) is 5. The Bertz CT molecular complexity index is 1250. The normalized spacial score (nSPS) is 18.3. The highest BCUT2D eigenvalue weighted by Crippen LogP contribution is 2.34. The van der Waals surface area contributed by atoms with Crippen LogP contribution in [-0.2, 0) is 16.0 Å². The molecule has 31 heavy (non-hydrogen) atoms. The predicted octanol–water partition coefficient (Wildman–Crippen LogP) is 3.94. The molecule has 158 valence electrons. The highest BCUT2D eigenvalue weighted by atomic mass is 32.1. The van der Waals surface area contributed by atoms with Gasteiger partial charge in [0.1, 0.15) is 11.3 Å². The zero-order valence-corrected chi connectivity index (χ0v) is 17.7. The van der Waals surface area contributed by atoms with E-state index in [0.29, 0.717) is 18.0 Å². The minimum atomic E-state index is -0.250. The van der Waals surface area contributed by atoms with Crippen molar-refractivity contribution < 1.29 is 14.6 Å². The van der Waals surface area contributed by atoms with Crippen molar-refractivity contribution in [3.63, 3.8) is 0 Å². The first-order valence-corrected chi connectivity index (χ1v) is 10.8. The molecule has 0 spiro atoms. The van der Waals surface area contributed by atoms with Gasteiger partial charge in [-0.1, -0.05) is 0 Å². The van der Waals surface area contributed by atoms with E-state index < -0.39 is 0 Å². The summed E-state index contributed by atoms with van der Waals surface area (Å²) in [6.07, 6.45) is 6.47. The topological polar surface area (TPSA) is 114 Å². The van der Waals surface area contributed by atoms with Crippen LogP contribution in [0.3, 0.4) is 0 Å². The molecule has 0 amide bonds. The summed E-state index contributed by atoms with van der Waals surface area (Å²) in [7, 11) is 0. The summed E-state index contributed by atoms with van der Waals surface area (Å²) in [5.41, 5.74) is 3.45. The smallest absolute Gasteiger partial charge is 0.290 e. The van der Waals surface area contributed by atoms with Crippen LogP contribution >= 0.6 is 11.3 Å². The molecule has 0 bridgehead atoms. The standard InChI is InChI=1S/C21H19N5OS.CH2O2/c1-13-8-15(4-6-27-13)26-19(10-20-23-5-7-28-20)25-18-12-24-17-3-2-14(11-22)9-16(17)21(18)26;2-1-3/h2-3,5,7,9,12-13,15H,4,6,8,10H2,1H3;1H,(H,2,3)/t13-,15-;/m1./s1. The molecule has 5 rings (SSSR count). The molecule has 8 nitrogen and oxygen atoms in total. The maximum atomic E-state index is 9.38. The molecule has 4 aromatic rings. The first kappa shape index (κ1) is 20.9. The van der Waals surface area contributed by atoms with Crippen LogP contribution in [0.15, 0.2) is 36.0 Å². The fourth-order valence-corrected chi connectivity index (χ4v) is 4.71. The Morgan fingerprint density at radius 3 is 2.94 bits per heavy atom. The number of hydrogen-bond donors (Lipinski definition) is 1. The monoisotopic (exact) mass is 435 g/mol. The lowest BCUT2D eigenvalue weighted by Crippen LogP contribution is -2.26. The minimum absolute atomic E-state index is 0.215. The SMILES string of the molecule is C[C@@H]1C[C@H](n2c(Cc3nccs3)nc3cnc4ccc(C#N)cc4c32)CCO1.O=CO. The summed E-state index contributed by atoms with van der Waals surface area (Å²) in [6, 6.07) is 8.21. The number of benzene rings is 1. The third-order valence-corrected chi connectivity index (χ3v) is 6.11. The van der Waals surface area contributed by atoms with Crippen molar-refractivity contribution in [3.8, 4) is 6.07 Å². The van der Waals surface area contributed by atoms with Crippen LogP contribution in [0.5, 0.6) is 0 Å². The molecular formula is C22H21N5O3S. The van der Waals surface area contributed by atoms with E-state index in [1.54, 1.807) is 11.3 Å².